The van der Waals surface area contributed by atoms with Gasteiger partial charge in [0.15, 0.2) is 0 Å². The van der Waals surface area contributed by atoms with Crippen LogP contribution in [-0.2, 0) is 0 Å². The highest BCUT2D eigenvalue weighted by Crippen LogP contribution is 2.19. The van der Waals surface area contributed by atoms with Crippen molar-refractivity contribution in [3.05, 3.63) is 50.9 Å². The molecule has 0 amide bonds. The van der Waals surface area contributed by atoms with Gasteiger partial charge in [-0.05, 0) is 5.39 Å². The van der Waals surface area contributed by atoms with Gasteiger partial charge in [-0.25, -0.2) is 0 Å². The molecule has 14 heavy (non-hydrogen) atoms. The molecule has 3 aromatic rings. The Hall–Kier alpha value is -2.03. The molecule has 0 bridgehead atoms. The monoisotopic (exact) mass is 183 g/mol. The third kappa shape index (κ3) is 0.695. The SMILES string of the molecule is O=c1c(=O)c2c1ncc1ccccc12. The fourth-order valence-electron chi connectivity index (χ4n) is 1.72. The van der Waals surface area contributed by atoms with Crippen molar-refractivity contribution in [3.8, 4) is 0 Å². The van der Waals surface area contributed by atoms with E-state index in [0.29, 0.717) is 10.9 Å². The van der Waals surface area contributed by atoms with Crippen LogP contribution >= 0.6 is 0 Å². The van der Waals surface area contributed by atoms with E-state index in [1.54, 1.807) is 6.20 Å². The molecule has 0 radical (unpaired) electrons. The number of nitrogens with zero attached hydrogens (tertiary/aromatic N) is 1. The number of hydrogen-bond acceptors (Lipinski definition) is 3. The molecule has 3 rings (SSSR count). The first-order chi connectivity index (χ1) is 6.79. The van der Waals surface area contributed by atoms with Crippen LogP contribution in [-0.4, -0.2) is 4.98 Å². The summed E-state index contributed by atoms with van der Waals surface area (Å²) in [6.07, 6.45) is 1.62. The van der Waals surface area contributed by atoms with E-state index in [4.69, 9.17) is 0 Å². The molecule has 0 saturated carbocycles. The van der Waals surface area contributed by atoms with Gasteiger partial charge in [-0.15, -0.1) is 0 Å². The molecule has 0 atom stereocenters. The summed E-state index contributed by atoms with van der Waals surface area (Å²) < 4.78 is 0. The first-order valence-corrected chi connectivity index (χ1v) is 4.26. The number of aromatic nitrogens is 1. The van der Waals surface area contributed by atoms with Gasteiger partial charge in [-0.3, -0.25) is 14.6 Å². The summed E-state index contributed by atoms with van der Waals surface area (Å²) >= 11 is 0. The van der Waals surface area contributed by atoms with Crippen molar-refractivity contribution in [2.24, 2.45) is 0 Å². The lowest BCUT2D eigenvalue weighted by molar-refractivity contribution is 1.37. The highest BCUT2D eigenvalue weighted by atomic mass is 16.2. The van der Waals surface area contributed by atoms with Crippen molar-refractivity contribution < 1.29 is 0 Å². The van der Waals surface area contributed by atoms with Gasteiger partial charge in [0.2, 0.25) is 5.43 Å². The van der Waals surface area contributed by atoms with Crippen LogP contribution < -0.4 is 10.9 Å². The molecule has 0 aliphatic heterocycles. The predicted octanol–water partition coefficient (Wildman–Crippen LogP) is 0.984. The topological polar surface area (TPSA) is 47.0 Å². The number of benzene rings is 1. The molecule has 1 heterocycles. The minimum atomic E-state index is -0.467. The van der Waals surface area contributed by atoms with Crippen molar-refractivity contribution in [2.45, 2.75) is 0 Å². The number of rotatable bonds is 0. The molecule has 2 aromatic carbocycles. The van der Waals surface area contributed by atoms with Crippen LogP contribution in [0.5, 0.6) is 0 Å². The molecule has 0 aliphatic carbocycles. The lowest BCUT2D eigenvalue weighted by Gasteiger charge is -2.02. The minimum Gasteiger partial charge on any atom is -0.285 e. The molecule has 0 fully saturated rings. The van der Waals surface area contributed by atoms with Gasteiger partial charge >= 0.3 is 0 Å². The lowest BCUT2D eigenvalue weighted by Crippen LogP contribution is -2.31. The molecular weight excluding hydrogens is 178 g/mol. The van der Waals surface area contributed by atoms with Gasteiger partial charge in [0.05, 0.1) is 5.39 Å². The number of hydrogen-bond donors (Lipinski definition) is 0. The molecule has 0 aliphatic rings. The summed E-state index contributed by atoms with van der Waals surface area (Å²) in [4.78, 5) is 26.3. The highest BCUT2D eigenvalue weighted by molar-refractivity contribution is 6.07. The molecular formula is C11H5NO2. The highest BCUT2D eigenvalue weighted by Gasteiger charge is 2.15. The van der Waals surface area contributed by atoms with Crippen LogP contribution in [0.4, 0.5) is 0 Å². The minimum absolute atomic E-state index is 0.314. The van der Waals surface area contributed by atoms with Gasteiger partial charge in [-0.1, -0.05) is 24.3 Å². The Labute approximate surface area is 78.3 Å². The molecule has 3 nitrogen and oxygen atoms in total. The number of fused-ring (bicyclic) bond motifs is 3. The van der Waals surface area contributed by atoms with E-state index in [9.17, 15) is 9.59 Å². The second kappa shape index (κ2) is 2.26. The van der Waals surface area contributed by atoms with E-state index in [1.807, 2.05) is 24.3 Å². The molecule has 0 spiro atoms. The zero-order chi connectivity index (χ0) is 9.71. The van der Waals surface area contributed by atoms with Gasteiger partial charge < -0.3 is 0 Å². The van der Waals surface area contributed by atoms with E-state index in [2.05, 4.69) is 4.98 Å². The Morgan fingerprint density at radius 2 is 1.79 bits per heavy atom. The third-order valence-electron chi connectivity index (χ3n) is 2.45. The molecule has 0 unspecified atom stereocenters. The maximum Gasteiger partial charge on any atom is 0.252 e. The zero-order valence-corrected chi connectivity index (χ0v) is 7.15. The Morgan fingerprint density at radius 1 is 1.00 bits per heavy atom. The fraction of sp³-hybridized carbons (Fsp3) is 0. The summed E-state index contributed by atoms with van der Waals surface area (Å²) in [6, 6.07) is 7.43. The predicted molar refractivity (Wildman–Crippen MR) is 54.2 cm³/mol. The Bertz CT molecular complexity index is 721. The largest absolute Gasteiger partial charge is 0.285 e. The summed E-state index contributed by atoms with van der Waals surface area (Å²) in [5.41, 5.74) is -0.566. The van der Waals surface area contributed by atoms with Crippen LogP contribution in [0.2, 0.25) is 0 Å². The summed E-state index contributed by atoms with van der Waals surface area (Å²) in [6.45, 7) is 0. The zero-order valence-electron chi connectivity index (χ0n) is 7.15. The van der Waals surface area contributed by atoms with Crippen molar-refractivity contribution in [1.82, 2.24) is 4.98 Å². The van der Waals surface area contributed by atoms with Crippen LogP contribution in [0.1, 0.15) is 0 Å². The maximum absolute atomic E-state index is 11.3. The van der Waals surface area contributed by atoms with Crippen LogP contribution in [0.25, 0.3) is 21.7 Å². The molecule has 0 saturated heterocycles. The third-order valence-corrected chi connectivity index (χ3v) is 2.45. The normalized spacial score (nSPS) is 11.4. The maximum atomic E-state index is 11.3. The summed E-state index contributed by atoms with van der Waals surface area (Å²) in [5, 5.41) is 2.20. The van der Waals surface area contributed by atoms with Crippen molar-refractivity contribution in [1.29, 1.82) is 0 Å². The van der Waals surface area contributed by atoms with Gasteiger partial charge in [0, 0.05) is 11.6 Å². The first-order valence-electron chi connectivity index (χ1n) is 4.26. The Balaban J connectivity index is 2.70. The Morgan fingerprint density at radius 3 is 2.64 bits per heavy atom. The summed E-state index contributed by atoms with van der Waals surface area (Å²) in [7, 11) is 0. The average Bonchev–Trinajstić information content (AvgIpc) is 2.26. The summed E-state index contributed by atoms with van der Waals surface area (Å²) in [5.74, 6) is 0. The molecule has 0 N–H and O–H groups in total. The van der Waals surface area contributed by atoms with E-state index in [1.165, 1.54) is 0 Å². The fourth-order valence-corrected chi connectivity index (χ4v) is 1.72. The van der Waals surface area contributed by atoms with Crippen LogP contribution in [0, 0.1) is 0 Å². The molecule has 66 valence electrons. The van der Waals surface area contributed by atoms with Crippen LogP contribution in [0.15, 0.2) is 40.1 Å². The van der Waals surface area contributed by atoms with Crippen molar-refractivity contribution >= 4 is 21.7 Å². The van der Waals surface area contributed by atoms with Gasteiger partial charge in [-0.2, -0.15) is 0 Å². The smallest absolute Gasteiger partial charge is 0.252 e. The lowest BCUT2D eigenvalue weighted by atomic mass is 10.0. The van der Waals surface area contributed by atoms with E-state index in [-0.39, 0.29) is 0 Å². The standard InChI is InChI=1S/C11H5NO2/c13-10-8-7-4-2-1-3-6(7)5-12-9(8)11(10)14/h1-5H. The average molecular weight is 183 g/mol. The van der Waals surface area contributed by atoms with E-state index >= 15 is 0 Å². The molecule has 3 heteroatoms. The quantitative estimate of drug-likeness (QED) is 0.488. The second-order valence-corrected chi connectivity index (χ2v) is 3.23. The molecule has 1 aromatic heterocycles. The number of pyridine rings is 1. The van der Waals surface area contributed by atoms with Gasteiger partial charge in [0.1, 0.15) is 5.52 Å². The van der Waals surface area contributed by atoms with Crippen molar-refractivity contribution in [3.63, 3.8) is 0 Å². The van der Waals surface area contributed by atoms with E-state index < -0.39 is 10.9 Å². The van der Waals surface area contributed by atoms with Crippen LogP contribution in [0.3, 0.4) is 0 Å². The Kier molecular flexibility index (Phi) is 1.19. The van der Waals surface area contributed by atoms with Crippen molar-refractivity contribution in [2.75, 3.05) is 0 Å². The van der Waals surface area contributed by atoms with Gasteiger partial charge in [0.25, 0.3) is 5.43 Å². The van der Waals surface area contributed by atoms with E-state index in [0.717, 1.165) is 10.8 Å². The second-order valence-electron chi connectivity index (χ2n) is 3.23. The first kappa shape index (κ1) is 7.38.